The van der Waals surface area contributed by atoms with Gasteiger partial charge in [-0.15, -0.1) is 0 Å². The van der Waals surface area contributed by atoms with Gasteiger partial charge in [-0.1, -0.05) is 17.3 Å². The Labute approximate surface area is 176 Å². The molecule has 1 aromatic carbocycles. The molecule has 160 valence electrons. The number of H-pyrrole nitrogens is 1. The molecule has 0 unspecified atom stereocenters. The van der Waals surface area contributed by atoms with Gasteiger partial charge in [-0.3, -0.25) is 4.90 Å². The maximum absolute atomic E-state index is 6.11. The summed E-state index contributed by atoms with van der Waals surface area (Å²) in [6, 6.07) is 8.81. The van der Waals surface area contributed by atoms with E-state index >= 15 is 0 Å². The number of rotatable bonds is 7. The van der Waals surface area contributed by atoms with Crippen LogP contribution in [-0.4, -0.2) is 59.0 Å². The van der Waals surface area contributed by atoms with Crippen LogP contribution in [0.4, 0.5) is 0 Å². The van der Waals surface area contributed by atoms with Crippen molar-refractivity contribution in [2.75, 3.05) is 32.9 Å². The molecule has 1 N–H and O–H groups in total. The highest BCUT2D eigenvalue weighted by atomic mass is 16.5. The van der Waals surface area contributed by atoms with Crippen LogP contribution in [0.2, 0.25) is 0 Å². The fraction of sp³-hybridized carbons (Fsp3) is 0.565. The molecule has 2 saturated heterocycles. The minimum absolute atomic E-state index is 0.328. The average Bonchev–Trinajstić information content (AvgIpc) is 3.45. The van der Waals surface area contributed by atoms with Crippen molar-refractivity contribution >= 4 is 10.9 Å². The van der Waals surface area contributed by atoms with Gasteiger partial charge in [0.05, 0.1) is 12.7 Å². The van der Waals surface area contributed by atoms with Crippen molar-refractivity contribution in [2.45, 2.75) is 50.7 Å². The van der Waals surface area contributed by atoms with Crippen molar-refractivity contribution in [3.63, 3.8) is 0 Å². The quantitative estimate of drug-likeness (QED) is 0.640. The number of aromatic amines is 1. The van der Waals surface area contributed by atoms with Crippen LogP contribution < -0.4 is 0 Å². The summed E-state index contributed by atoms with van der Waals surface area (Å²) < 4.78 is 17.0. The number of benzene rings is 1. The predicted molar refractivity (Wildman–Crippen MR) is 113 cm³/mol. The van der Waals surface area contributed by atoms with Gasteiger partial charge in [0.15, 0.2) is 5.82 Å². The van der Waals surface area contributed by atoms with Crippen molar-refractivity contribution in [1.82, 2.24) is 20.0 Å². The van der Waals surface area contributed by atoms with E-state index in [1.54, 1.807) is 0 Å². The zero-order chi connectivity index (χ0) is 20.2. The second-order valence-electron chi connectivity index (χ2n) is 8.43. The monoisotopic (exact) mass is 410 g/mol. The minimum atomic E-state index is 0.328. The van der Waals surface area contributed by atoms with Crippen LogP contribution in [0.5, 0.6) is 0 Å². The Balaban J connectivity index is 1.03. The summed E-state index contributed by atoms with van der Waals surface area (Å²) in [6.45, 7) is 5.36. The van der Waals surface area contributed by atoms with E-state index < -0.39 is 0 Å². The molecule has 7 heteroatoms. The number of likely N-dealkylation sites (tertiary alicyclic amines) is 1. The molecule has 2 aliphatic rings. The SMILES string of the molecule is c1cc2ccc(CN3CCC(OCCc4noc(C5CCOCC5)n4)CC3)cc2[nH]1. The summed E-state index contributed by atoms with van der Waals surface area (Å²) in [6.07, 6.45) is 7.12. The Morgan fingerprint density at radius 1 is 1.10 bits per heavy atom. The Hall–Kier alpha value is -2.22. The van der Waals surface area contributed by atoms with Gasteiger partial charge in [-0.2, -0.15) is 4.98 Å². The lowest BCUT2D eigenvalue weighted by Crippen LogP contribution is -2.36. The zero-order valence-corrected chi connectivity index (χ0v) is 17.4. The van der Waals surface area contributed by atoms with Crippen LogP contribution in [0.15, 0.2) is 35.0 Å². The lowest BCUT2D eigenvalue weighted by molar-refractivity contribution is 0.00677. The van der Waals surface area contributed by atoms with E-state index in [0.29, 0.717) is 25.0 Å². The maximum Gasteiger partial charge on any atom is 0.229 e. The minimum Gasteiger partial charge on any atom is -0.381 e. The normalized spacial score (nSPS) is 19.6. The average molecular weight is 411 g/mol. The first-order valence-corrected chi connectivity index (χ1v) is 11.1. The molecular weight excluding hydrogens is 380 g/mol. The largest absolute Gasteiger partial charge is 0.381 e. The topological polar surface area (TPSA) is 76.4 Å². The van der Waals surface area contributed by atoms with Crippen molar-refractivity contribution in [1.29, 1.82) is 0 Å². The third kappa shape index (κ3) is 4.74. The number of aromatic nitrogens is 3. The fourth-order valence-electron chi connectivity index (χ4n) is 4.48. The summed E-state index contributed by atoms with van der Waals surface area (Å²) in [7, 11) is 0. The van der Waals surface area contributed by atoms with Gasteiger partial charge in [0.2, 0.25) is 5.89 Å². The third-order valence-electron chi connectivity index (χ3n) is 6.29. The molecule has 3 aromatic rings. The number of hydrogen-bond donors (Lipinski definition) is 1. The highest BCUT2D eigenvalue weighted by Crippen LogP contribution is 2.25. The summed E-state index contributed by atoms with van der Waals surface area (Å²) in [5.74, 6) is 1.87. The van der Waals surface area contributed by atoms with Crippen LogP contribution in [-0.2, 0) is 22.4 Å². The lowest BCUT2D eigenvalue weighted by Gasteiger charge is -2.31. The molecule has 4 heterocycles. The van der Waals surface area contributed by atoms with Gasteiger partial charge >= 0.3 is 0 Å². The number of nitrogens with one attached hydrogen (secondary N) is 1. The van der Waals surface area contributed by atoms with E-state index in [9.17, 15) is 0 Å². The molecule has 2 fully saturated rings. The highest BCUT2D eigenvalue weighted by Gasteiger charge is 2.23. The number of nitrogens with zero attached hydrogens (tertiary/aromatic N) is 3. The summed E-state index contributed by atoms with van der Waals surface area (Å²) >= 11 is 0. The van der Waals surface area contributed by atoms with Crippen LogP contribution in [0.1, 0.15) is 48.9 Å². The van der Waals surface area contributed by atoms with Gasteiger partial charge in [-0.25, -0.2) is 0 Å². The Morgan fingerprint density at radius 3 is 2.83 bits per heavy atom. The molecule has 0 radical (unpaired) electrons. The third-order valence-corrected chi connectivity index (χ3v) is 6.29. The molecule has 2 aliphatic heterocycles. The van der Waals surface area contributed by atoms with E-state index in [-0.39, 0.29) is 0 Å². The van der Waals surface area contributed by atoms with Crippen LogP contribution in [0.3, 0.4) is 0 Å². The Kier molecular flexibility index (Phi) is 6.11. The molecule has 30 heavy (non-hydrogen) atoms. The number of piperidine rings is 1. The molecule has 0 aliphatic carbocycles. The van der Waals surface area contributed by atoms with Crippen LogP contribution >= 0.6 is 0 Å². The molecule has 5 rings (SSSR count). The molecule has 0 atom stereocenters. The summed E-state index contributed by atoms with van der Waals surface area (Å²) in [5, 5.41) is 5.40. The van der Waals surface area contributed by atoms with Crippen LogP contribution in [0, 0.1) is 0 Å². The lowest BCUT2D eigenvalue weighted by atomic mass is 10.0. The first-order valence-electron chi connectivity index (χ1n) is 11.1. The summed E-state index contributed by atoms with van der Waals surface area (Å²) in [5.41, 5.74) is 2.58. The molecule has 7 nitrogen and oxygen atoms in total. The van der Waals surface area contributed by atoms with Gasteiger partial charge < -0.3 is 19.0 Å². The molecule has 0 amide bonds. The van der Waals surface area contributed by atoms with Crippen molar-refractivity contribution in [3.8, 4) is 0 Å². The van der Waals surface area contributed by atoms with E-state index in [4.69, 9.17) is 14.0 Å². The van der Waals surface area contributed by atoms with Crippen molar-refractivity contribution < 1.29 is 14.0 Å². The smallest absolute Gasteiger partial charge is 0.229 e. The van der Waals surface area contributed by atoms with Crippen molar-refractivity contribution in [2.24, 2.45) is 0 Å². The summed E-state index contributed by atoms with van der Waals surface area (Å²) in [4.78, 5) is 10.4. The predicted octanol–water partition coefficient (Wildman–Crippen LogP) is 3.67. The van der Waals surface area contributed by atoms with Crippen LogP contribution in [0.25, 0.3) is 10.9 Å². The molecule has 0 bridgehead atoms. The maximum atomic E-state index is 6.11. The Bertz CT molecular complexity index is 939. The van der Waals surface area contributed by atoms with E-state index in [1.165, 1.54) is 16.5 Å². The molecular formula is C23H30N4O3. The second kappa shape index (κ2) is 9.29. The van der Waals surface area contributed by atoms with Gasteiger partial charge in [0.25, 0.3) is 0 Å². The van der Waals surface area contributed by atoms with Crippen molar-refractivity contribution in [3.05, 3.63) is 47.7 Å². The molecule has 2 aromatic heterocycles. The van der Waals surface area contributed by atoms with Gasteiger partial charge in [0, 0.05) is 56.9 Å². The second-order valence-corrected chi connectivity index (χ2v) is 8.43. The number of ether oxygens (including phenoxy) is 2. The van der Waals surface area contributed by atoms with E-state index in [1.807, 2.05) is 6.20 Å². The van der Waals surface area contributed by atoms with Gasteiger partial charge in [-0.05, 0) is 48.8 Å². The zero-order valence-electron chi connectivity index (χ0n) is 17.4. The molecule has 0 saturated carbocycles. The fourth-order valence-corrected chi connectivity index (χ4v) is 4.48. The highest BCUT2D eigenvalue weighted by molar-refractivity contribution is 5.79. The first kappa shape index (κ1) is 19.7. The van der Waals surface area contributed by atoms with Gasteiger partial charge in [0.1, 0.15) is 0 Å². The standard InChI is InChI=1S/C23H30N4O3/c1-2-18-3-9-24-21(18)15-17(1)16-27-10-4-20(5-11-27)29-14-8-22-25-23(30-26-22)19-6-12-28-13-7-19/h1-3,9,15,19-20,24H,4-8,10-14,16H2. The van der Waals surface area contributed by atoms with E-state index in [0.717, 1.165) is 70.2 Å². The number of fused-ring (bicyclic) bond motifs is 1. The number of hydrogen-bond acceptors (Lipinski definition) is 6. The first-order chi connectivity index (χ1) is 14.8. The van der Waals surface area contributed by atoms with E-state index in [2.05, 4.69) is 44.3 Å². The molecule has 0 spiro atoms. The Morgan fingerprint density at radius 2 is 1.97 bits per heavy atom.